The molecule has 0 radical (unpaired) electrons. The minimum Gasteiger partial charge on any atom is -0.397 e. The van der Waals surface area contributed by atoms with Crippen molar-refractivity contribution in [2.75, 3.05) is 37.2 Å². The van der Waals surface area contributed by atoms with Crippen LogP contribution in [0.1, 0.15) is 19.3 Å². The van der Waals surface area contributed by atoms with E-state index in [0.29, 0.717) is 17.1 Å². The molecule has 2 aromatic heterocycles. The molecule has 0 bridgehead atoms. The molecule has 1 fully saturated rings. The van der Waals surface area contributed by atoms with E-state index < -0.39 is 0 Å². The largest absolute Gasteiger partial charge is 0.397 e. The molecule has 7 heteroatoms. The number of pyridine rings is 1. The van der Waals surface area contributed by atoms with Gasteiger partial charge in [-0.2, -0.15) is 0 Å². The smallest absolute Gasteiger partial charge is 0.261 e. The van der Waals surface area contributed by atoms with Gasteiger partial charge in [0.25, 0.3) is 5.56 Å². The van der Waals surface area contributed by atoms with Crippen molar-refractivity contribution in [3.63, 3.8) is 0 Å². The molecule has 7 nitrogen and oxygen atoms in total. The summed E-state index contributed by atoms with van der Waals surface area (Å²) >= 11 is 0. The maximum absolute atomic E-state index is 12.7. The number of H-pyrrole nitrogens is 2. The Morgan fingerprint density at radius 2 is 1.87 bits per heavy atom. The Morgan fingerprint density at radius 1 is 1.03 bits per heavy atom. The first kappa shape index (κ1) is 18.7. The van der Waals surface area contributed by atoms with Crippen molar-refractivity contribution in [2.45, 2.75) is 19.3 Å². The average Bonchev–Trinajstić information content (AvgIpc) is 3.17. The fourth-order valence-electron chi connectivity index (χ4n) is 4.28. The van der Waals surface area contributed by atoms with Crippen LogP contribution in [0.25, 0.3) is 33.3 Å². The summed E-state index contributed by atoms with van der Waals surface area (Å²) in [6.45, 7) is 4.36. The number of hydrogen-bond donors (Lipinski definition) is 4. The number of fused-ring (bicyclic) bond motifs is 2. The molecule has 1 saturated heterocycles. The summed E-state index contributed by atoms with van der Waals surface area (Å²) in [5.74, 6) is 0.486. The van der Waals surface area contributed by atoms with Crippen LogP contribution in [0, 0.1) is 0 Å². The van der Waals surface area contributed by atoms with Gasteiger partial charge in [0.05, 0.1) is 22.2 Å². The third kappa shape index (κ3) is 3.52. The van der Waals surface area contributed by atoms with Crippen LogP contribution in [0.2, 0.25) is 0 Å². The summed E-state index contributed by atoms with van der Waals surface area (Å²) < 4.78 is 0. The Morgan fingerprint density at radius 3 is 2.73 bits per heavy atom. The fraction of sp³-hybridized carbons (Fsp3) is 0.304. The van der Waals surface area contributed by atoms with E-state index in [4.69, 9.17) is 5.73 Å². The van der Waals surface area contributed by atoms with Gasteiger partial charge in [-0.3, -0.25) is 4.79 Å². The molecule has 4 aromatic rings. The number of likely N-dealkylation sites (tertiary alicyclic amines) is 1. The van der Waals surface area contributed by atoms with Crippen LogP contribution in [-0.4, -0.2) is 46.0 Å². The number of nitrogens with one attached hydrogen (secondary N) is 3. The highest BCUT2D eigenvalue weighted by Gasteiger charge is 2.16. The summed E-state index contributed by atoms with van der Waals surface area (Å²) in [6.07, 6.45) is 3.97. The summed E-state index contributed by atoms with van der Waals surface area (Å²) in [7, 11) is 0. The number of aromatic nitrogens is 3. The molecule has 3 heterocycles. The van der Waals surface area contributed by atoms with E-state index in [2.05, 4.69) is 25.2 Å². The van der Waals surface area contributed by atoms with Gasteiger partial charge < -0.3 is 25.9 Å². The third-order valence-electron chi connectivity index (χ3n) is 5.89. The van der Waals surface area contributed by atoms with Crippen molar-refractivity contribution in [3.8, 4) is 11.4 Å². The molecule has 0 aliphatic carbocycles. The lowest BCUT2D eigenvalue weighted by molar-refractivity contribution is 0.237. The van der Waals surface area contributed by atoms with Gasteiger partial charge in [-0.05, 0) is 50.2 Å². The molecule has 1 aliphatic heterocycles. The predicted molar refractivity (Wildman–Crippen MR) is 123 cm³/mol. The van der Waals surface area contributed by atoms with Crippen LogP contribution in [-0.2, 0) is 0 Å². The van der Waals surface area contributed by atoms with Gasteiger partial charge in [-0.15, -0.1) is 0 Å². The van der Waals surface area contributed by atoms with Crippen molar-refractivity contribution in [3.05, 3.63) is 52.8 Å². The molecule has 0 unspecified atom stereocenters. The number of anilines is 2. The van der Waals surface area contributed by atoms with Crippen LogP contribution in [0.3, 0.4) is 0 Å². The van der Waals surface area contributed by atoms with Gasteiger partial charge in [0.15, 0.2) is 0 Å². The van der Waals surface area contributed by atoms with Crippen molar-refractivity contribution in [1.82, 2.24) is 19.9 Å². The first-order chi connectivity index (χ1) is 14.7. The average molecular weight is 403 g/mol. The summed E-state index contributed by atoms with van der Waals surface area (Å²) in [4.78, 5) is 26.0. The standard InChI is InChI=1S/C23H26N6O/c24-21-16-6-2-3-7-17(16)28-23(30)20(21)22-26-18-9-8-15(14-19(18)27-22)25-10-13-29-11-4-1-5-12-29/h2-3,6-9,14,25H,1,4-5,10-13H2,(H,26,27)(H3,24,28,30). The second kappa shape index (κ2) is 7.84. The number of nitrogens with zero attached hydrogens (tertiary/aromatic N) is 2. The number of para-hydroxylation sites is 1. The number of rotatable bonds is 5. The highest BCUT2D eigenvalue weighted by atomic mass is 16.1. The van der Waals surface area contributed by atoms with E-state index >= 15 is 0 Å². The molecule has 30 heavy (non-hydrogen) atoms. The monoisotopic (exact) mass is 402 g/mol. The number of aromatic amines is 2. The highest BCUT2D eigenvalue weighted by molar-refractivity contribution is 5.97. The minimum absolute atomic E-state index is 0.245. The van der Waals surface area contributed by atoms with Gasteiger partial charge in [0.2, 0.25) is 0 Å². The maximum Gasteiger partial charge on any atom is 0.261 e. The highest BCUT2D eigenvalue weighted by Crippen LogP contribution is 2.28. The van der Waals surface area contributed by atoms with Gasteiger partial charge in [0, 0.05) is 24.2 Å². The molecular weight excluding hydrogens is 376 g/mol. The molecule has 2 aromatic carbocycles. The quantitative estimate of drug-likeness (QED) is 0.409. The minimum atomic E-state index is -0.245. The first-order valence-corrected chi connectivity index (χ1v) is 10.6. The molecule has 0 saturated carbocycles. The maximum atomic E-state index is 12.7. The normalized spacial score (nSPS) is 15.1. The Bertz CT molecular complexity index is 1250. The second-order valence-electron chi connectivity index (χ2n) is 7.93. The molecular formula is C23H26N6O. The summed E-state index contributed by atoms with van der Waals surface area (Å²) in [6, 6.07) is 13.5. The van der Waals surface area contributed by atoms with Crippen LogP contribution in [0.5, 0.6) is 0 Å². The molecule has 154 valence electrons. The van der Waals surface area contributed by atoms with Gasteiger partial charge in [-0.25, -0.2) is 4.98 Å². The molecule has 5 N–H and O–H groups in total. The number of hydrogen-bond acceptors (Lipinski definition) is 5. The molecule has 0 spiro atoms. The van der Waals surface area contributed by atoms with Crippen LogP contribution >= 0.6 is 0 Å². The van der Waals surface area contributed by atoms with E-state index in [1.807, 2.05) is 42.5 Å². The van der Waals surface area contributed by atoms with E-state index in [9.17, 15) is 4.79 Å². The number of imidazole rings is 1. The van der Waals surface area contributed by atoms with Crippen molar-refractivity contribution in [1.29, 1.82) is 0 Å². The van der Waals surface area contributed by atoms with Gasteiger partial charge in [-0.1, -0.05) is 24.6 Å². The van der Waals surface area contributed by atoms with Crippen molar-refractivity contribution < 1.29 is 0 Å². The predicted octanol–water partition coefficient (Wildman–Crippen LogP) is 3.55. The van der Waals surface area contributed by atoms with Crippen LogP contribution < -0.4 is 16.6 Å². The van der Waals surface area contributed by atoms with Crippen molar-refractivity contribution >= 4 is 33.3 Å². The van der Waals surface area contributed by atoms with Crippen LogP contribution in [0.15, 0.2) is 47.3 Å². The topological polar surface area (TPSA) is 103 Å². The lowest BCUT2D eigenvalue weighted by Gasteiger charge is -2.26. The molecule has 0 atom stereocenters. The van der Waals surface area contributed by atoms with E-state index in [1.54, 1.807) is 0 Å². The van der Waals surface area contributed by atoms with Crippen molar-refractivity contribution in [2.24, 2.45) is 0 Å². The Kier molecular flexibility index (Phi) is 4.88. The van der Waals surface area contributed by atoms with Gasteiger partial charge in [0.1, 0.15) is 11.4 Å². The molecule has 0 amide bonds. The van der Waals surface area contributed by atoms with Gasteiger partial charge >= 0.3 is 0 Å². The SMILES string of the molecule is Nc1c(-c2nc3ccc(NCCN4CCCCC4)cc3[nH]2)c(=O)[nH]c2ccccc12. The number of piperidine rings is 1. The zero-order chi connectivity index (χ0) is 20.5. The third-order valence-corrected chi connectivity index (χ3v) is 5.89. The fourth-order valence-corrected chi connectivity index (χ4v) is 4.28. The zero-order valence-corrected chi connectivity index (χ0v) is 16.9. The molecule has 1 aliphatic rings. The summed E-state index contributed by atoms with van der Waals surface area (Å²) in [5, 5.41) is 4.31. The number of nitrogen functional groups attached to an aromatic ring is 1. The van der Waals surface area contributed by atoms with Crippen LogP contribution in [0.4, 0.5) is 11.4 Å². The van der Waals surface area contributed by atoms with E-state index in [0.717, 1.165) is 40.7 Å². The number of nitrogens with two attached hydrogens (primary N) is 1. The molecule has 5 rings (SSSR count). The lowest BCUT2D eigenvalue weighted by atomic mass is 10.1. The Balaban J connectivity index is 1.40. The Labute approximate surface area is 174 Å². The Hall–Kier alpha value is -3.32. The van der Waals surface area contributed by atoms with E-state index in [-0.39, 0.29) is 5.56 Å². The second-order valence-corrected chi connectivity index (χ2v) is 7.93. The van der Waals surface area contributed by atoms with E-state index in [1.165, 1.54) is 32.4 Å². The zero-order valence-electron chi connectivity index (χ0n) is 16.9. The number of benzene rings is 2. The lowest BCUT2D eigenvalue weighted by Crippen LogP contribution is -2.33. The summed E-state index contributed by atoms with van der Waals surface area (Å²) in [5.41, 5.74) is 10.4. The first-order valence-electron chi connectivity index (χ1n) is 10.6.